The number of aromatic nitrogens is 2. The minimum atomic E-state index is -0.122. The predicted octanol–water partition coefficient (Wildman–Crippen LogP) is 3.94. The lowest BCUT2D eigenvalue weighted by molar-refractivity contribution is -0.113. The number of aryl methyl sites for hydroxylation is 1. The first-order valence-corrected chi connectivity index (χ1v) is 9.23. The molecule has 0 atom stereocenters. The maximum atomic E-state index is 12.1. The van der Waals surface area contributed by atoms with Gasteiger partial charge in [-0.1, -0.05) is 49.0 Å². The van der Waals surface area contributed by atoms with Crippen molar-refractivity contribution in [2.75, 3.05) is 11.1 Å². The summed E-state index contributed by atoms with van der Waals surface area (Å²) in [5, 5.41) is 11.1. The van der Waals surface area contributed by atoms with E-state index in [1.807, 2.05) is 54.6 Å². The van der Waals surface area contributed by atoms with E-state index in [9.17, 15) is 4.79 Å². The van der Waals surface area contributed by atoms with Crippen molar-refractivity contribution < 1.29 is 13.9 Å². The summed E-state index contributed by atoms with van der Waals surface area (Å²) < 4.78 is 11.0. The van der Waals surface area contributed by atoms with Gasteiger partial charge in [0.25, 0.3) is 11.1 Å². The number of anilines is 1. The average Bonchev–Trinajstić information content (AvgIpc) is 3.14. The lowest BCUT2D eigenvalue weighted by Crippen LogP contribution is -2.14. The van der Waals surface area contributed by atoms with Gasteiger partial charge < -0.3 is 14.5 Å². The van der Waals surface area contributed by atoms with E-state index in [0.29, 0.717) is 11.1 Å². The van der Waals surface area contributed by atoms with Gasteiger partial charge in [-0.2, -0.15) is 0 Å². The molecule has 2 aromatic carbocycles. The van der Waals surface area contributed by atoms with Crippen LogP contribution in [0.25, 0.3) is 0 Å². The van der Waals surface area contributed by atoms with E-state index in [-0.39, 0.29) is 18.3 Å². The number of thioether (sulfide) groups is 1. The fourth-order valence-electron chi connectivity index (χ4n) is 2.21. The van der Waals surface area contributed by atoms with Gasteiger partial charge in [0.1, 0.15) is 5.75 Å². The molecule has 1 aromatic heterocycles. The molecule has 1 heterocycles. The van der Waals surface area contributed by atoms with Gasteiger partial charge in [-0.3, -0.25) is 4.79 Å². The van der Waals surface area contributed by atoms with Gasteiger partial charge in [0.05, 0.1) is 5.75 Å². The number of rotatable bonds is 8. The molecule has 7 heteroatoms. The molecule has 0 fully saturated rings. The van der Waals surface area contributed by atoms with Crippen LogP contribution in [0.1, 0.15) is 18.4 Å². The Morgan fingerprint density at radius 1 is 1.15 bits per heavy atom. The van der Waals surface area contributed by atoms with Gasteiger partial charge in [0.15, 0.2) is 6.61 Å². The Morgan fingerprint density at radius 2 is 2.00 bits per heavy atom. The van der Waals surface area contributed by atoms with Crippen molar-refractivity contribution in [3.63, 3.8) is 0 Å². The van der Waals surface area contributed by atoms with Gasteiger partial charge >= 0.3 is 0 Å². The van der Waals surface area contributed by atoms with Gasteiger partial charge in [-0.05, 0) is 36.2 Å². The van der Waals surface area contributed by atoms with Crippen molar-refractivity contribution in [3.8, 4) is 5.75 Å². The van der Waals surface area contributed by atoms with Gasteiger partial charge in [-0.15, -0.1) is 10.2 Å². The van der Waals surface area contributed by atoms with Crippen molar-refractivity contribution in [1.82, 2.24) is 10.2 Å². The molecule has 0 saturated heterocycles. The first-order valence-electron chi connectivity index (χ1n) is 8.25. The third kappa shape index (κ3) is 5.35. The summed E-state index contributed by atoms with van der Waals surface area (Å²) in [4.78, 5) is 12.1. The highest BCUT2D eigenvalue weighted by molar-refractivity contribution is 7.99. The summed E-state index contributed by atoms with van der Waals surface area (Å²) in [6.07, 6.45) is 0.925. The monoisotopic (exact) mass is 369 g/mol. The lowest BCUT2D eigenvalue weighted by atomic mass is 10.1. The van der Waals surface area contributed by atoms with Gasteiger partial charge in [0, 0.05) is 5.69 Å². The standard InChI is InChI=1S/C19H19N3O3S/c1-2-14-7-6-8-15(11-14)20-17(23)13-26-19-22-21-18(25-19)12-24-16-9-4-3-5-10-16/h3-11H,2,12-13H2,1H3,(H,20,23). The number of hydrogen-bond donors (Lipinski definition) is 1. The Balaban J connectivity index is 1.46. The van der Waals surface area contributed by atoms with Crippen molar-refractivity contribution in [1.29, 1.82) is 0 Å². The van der Waals surface area contributed by atoms with Crippen LogP contribution in [0, 0.1) is 0 Å². The summed E-state index contributed by atoms with van der Waals surface area (Å²) in [5.74, 6) is 1.17. The molecule has 26 heavy (non-hydrogen) atoms. The number of nitrogens with one attached hydrogen (secondary N) is 1. The molecule has 0 bridgehead atoms. The number of ether oxygens (including phenoxy) is 1. The Hall–Kier alpha value is -2.80. The Kier molecular flexibility index (Phi) is 6.27. The summed E-state index contributed by atoms with van der Waals surface area (Å²) in [6, 6.07) is 17.2. The van der Waals surface area contributed by atoms with Crippen LogP contribution in [0.5, 0.6) is 5.75 Å². The Labute approximate surface area is 156 Å². The van der Waals surface area contributed by atoms with E-state index in [2.05, 4.69) is 22.4 Å². The minimum Gasteiger partial charge on any atom is -0.484 e. The molecule has 1 N–H and O–H groups in total. The number of carbonyl (C=O) groups is 1. The highest BCUT2D eigenvalue weighted by Crippen LogP contribution is 2.18. The third-order valence-electron chi connectivity index (χ3n) is 3.50. The van der Waals surface area contributed by atoms with Crippen molar-refractivity contribution in [3.05, 3.63) is 66.1 Å². The van der Waals surface area contributed by atoms with Crippen LogP contribution in [0.15, 0.2) is 64.2 Å². The molecule has 0 aliphatic carbocycles. The number of benzene rings is 2. The van der Waals surface area contributed by atoms with Crippen molar-refractivity contribution >= 4 is 23.4 Å². The number of hydrogen-bond acceptors (Lipinski definition) is 6. The number of amides is 1. The van der Waals surface area contributed by atoms with Crippen LogP contribution in [0.4, 0.5) is 5.69 Å². The van der Waals surface area contributed by atoms with E-state index in [0.717, 1.165) is 17.9 Å². The summed E-state index contributed by atoms with van der Waals surface area (Å²) >= 11 is 1.19. The number of para-hydroxylation sites is 1. The summed E-state index contributed by atoms with van der Waals surface area (Å²) in [5.41, 5.74) is 1.97. The fraction of sp³-hybridized carbons (Fsp3) is 0.211. The Morgan fingerprint density at radius 3 is 2.81 bits per heavy atom. The van der Waals surface area contributed by atoms with E-state index in [4.69, 9.17) is 9.15 Å². The number of nitrogens with zero attached hydrogens (tertiary/aromatic N) is 2. The molecule has 3 rings (SSSR count). The second-order valence-corrected chi connectivity index (χ2v) is 6.38. The molecular weight excluding hydrogens is 350 g/mol. The zero-order valence-corrected chi connectivity index (χ0v) is 15.2. The normalized spacial score (nSPS) is 10.5. The second kappa shape index (κ2) is 9.05. The average molecular weight is 369 g/mol. The first-order chi connectivity index (χ1) is 12.7. The highest BCUT2D eigenvalue weighted by atomic mass is 32.2. The molecule has 0 unspecified atom stereocenters. The third-order valence-corrected chi connectivity index (χ3v) is 4.32. The van der Waals surface area contributed by atoms with Gasteiger partial charge in [0.2, 0.25) is 5.91 Å². The minimum absolute atomic E-state index is 0.122. The number of carbonyl (C=O) groups excluding carboxylic acids is 1. The van der Waals surface area contributed by atoms with Crippen LogP contribution in [-0.2, 0) is 17.8 Å². The first kappa shape index (κ1) is 18.0. The quantitative estimate of drug-likeness (QED) is 0.606. The molecule has 0 aliphatic heterocycles. The van der Waals surface area contributed by atoms with E-state index in [1.165, 1.54) is 17.3 Å². The smallest absolute Gasteiger partial charge is 0.277 e. The molecular formula is C19H19N3O3S. The van der Waals surface area contributed by atoms with Crippen LogP contribution in [0.2, 0.25) is 0 Å². The van der Waals surface area contributed by atoms with E-state index < -0.39 is 0 Å². The maximum absolute atomic E-state index is 12.1. The highest BCUT2D eigenvalue weighted by Gasteiger charge is 2.10. The zero-order valence-electron chi connectivity index (χ0n) is 14.3. The molecule has 134 valence electrons. The fourth-order valence-corrected chi connectivity index (χ4v) is 2.79. The summed E-state index contributed by atoms with van der Waals surface area (Å²) in [6.45, 7) is 2.26. The molecule has 0 saturated carbocycles. The molecule has 1 amide bonds. The lowest BCUT2D eigenvalue weighted by Gasteiger charge is -2.05. The van der Waals surface area contributed by atoms with Crippen LogP contribution < -0.4 is 10.1 Å². The summed E-state index contributed by atoms with van der Waals surface area (Å²) in [7, 11) is 0. The zero-order chi connectivity index (χ0) is 18.2. The predicted molar refractivity (Wildman–Crippen MR) is 100 cm³/mol. The molecule has 3 aromatic rings. The molecule has 0 aliphatic rings. The second-order valence-electron chi connectivity index (χ2n) is 5.45. The van der Waals surface area contributed by atoms with Gasteiger partial charge in [-0.25, -0.2) is 0 Å². The molecule has 6 nitrogen and oxygen atoms in total. The SMILES string of the molecule is CCc1cccc(NC(=O)CSc2nnc(COc3ccccc3)o2)c1. The van der Waals surface area contributed by atoms with E-state index in [1.54, 1.807) is 0 Å². The van der Waals surface area contributed by atoms with Crippen molar-refractivity contribution in [2.24, 2.45) is 0 Å². The molecule has 0 spiro atoms. The maximum Gasteiger partial charge on any atom is 0.277 e. The van der Waals surface area contributed by atoms with Crippen LogP contribution in [-0.4, -0.2) is 21.9 Å². The topological polar surface area (TPSA) is 77.2 Å². The van der Waals surface area contributed by atoms with E-state index >= 15 is 0 Å². The van der Waals surface area contributed by atoms with Crippen LogP contribution in [0.3, 0.4) is 0 Å². The van der Waals surface area contributed by atoms with Crippen LogP contribution >= 0.6 is 11.8 Å². The Bertz CT molecular complexity index is 852. The largest absolute Gasteiger partial charge is 0.484 e. The van der Waals surface area contributed by atoms with Crippen molar-refractivity contribution in [2.45, 2.75) is 25.2 Å². The molecule has 0 radical (unpaired) electrons.